The van der Waals surface area contributed by atoms with Crippen LogP contribution in [0.5, 0.6) is 0 Å². The number of nitrogens with zero attached hydrogens (tertiary/aromatic N) is 1. The Hall–Kier alpha value is -1.02. The molecular formula is C11H14ClNO. The SMILES string of the molecule is C/C(=N\OCc1ccccc1)C(C)Cl. The third-order valence-electron chi connectivity index (χ3n) is 1.86. The summed E-state index contributed by atoms with van der Waals surface area (Å²) in [4.78, 5) is 5.15. The number of rotatable bonds is 4. The van der Waals surface area contributed by atoms with Crippen LogP contribution < -0.4 is 0 Å². The molecule has 0 saturated carbocycles. The van der Waals surface area contributed by atoms with Gasteiger partial charge in [-0.3, -0.25) is 0 Å². The van der Waals surface area contributed by atoms with Gasteiger partial charge in [-0.25, -0.2) is 0 Å². The van der Waals surface area contributed by atoms with Crippen LogP contribution in [0.25, 0.3) is 0 Å². The van der Waals surface area contributed by atoms with Crippen LogP contribution in [0.3, 0.4) is 0 Å². The van der Waals surface area contributed by atoms with Gasteiger partial charge in [0.05, 0.1) is 11.1 Å². The van der Waals surface area contributed by atoms with Gasteiger partial charge in [-0.15, -0.1) is 11.6 Å². The molecule has 0 spiro atoms. The molecule has 0 fully saturated rings. The van der Waals surface area contributed by atoms with Crippen molar-refractivity contribution in [1.82, 2.24) is 0 Å². The van der Waals surface area contributed by atoms with E-state index < -0.39 is 0 Å². The summed E-state index contributed by atoms with van der Waals surface area (Å²) in [6, 6.07) is 9.90. The summed E-state index contributed by atoms with van der Waals surface area (Å²) in [6.45, 7) is 4.21. The Kier molecular flexibility index (Phi) is 4.47. The predicted molar refractivity (Wildman–Crippen MR) is 59.7 cm³/mol. The smallest absolute Gasteiger partial charge is 0.142 e. The van der Waals surface area contributed by atoms with E-state index in [9.17, 15) is 0 Å². The Bertz CT molecular complexity index is 295. The topological polar surface area (TPSA) is 21.6 Å². The monoisotopic (exact) mass is 211 g/mol. The number of alkyl halides is 1. The Morgan fingerprint density at radius 2 is 2.07 bits per heavy atom. The molecule has 0 aromatic heterocycles. The molecule has 1 atom stereocenters. The van der Waals surface area contributed by atoms with Crippen LogP contribution in [0.1, 0.15) is 19.4 Å². The molecule has 3 heteroatoms. The molecule has 0 radical (unpaired) electrons. The van der Waals surface area contributed by atoms with E-state index in [0.717, 1.165) is 11.3 Å². The van der Waals surface area contributed by atoms with Crippen LogP contribution in [-0.2, 0) is 11.4 Å². The largest absolute Gasteiger partial charge is 0.391 e. The second-order valence-electron chi connectivity index (χ2n) is 3.11. The highest BCUT2D eigenvalue weighted by atomic mass is 35.5. The minimum Gasteiger partial charge on any atom is -0.391 e. The van der Waals surface area contributed by atoms with Crippen LogP contribution in [0.2, 0.25) is 0 Å². The Morgan fingerprint density at radius 3 is 2.64 bits per heavy atom. The highest BCUT2D eigenvalue weighted by molar-refractivity contribution is 6.31. The Balaban J connectivity index is 2.39. The lowest BCUT2D eigenvalue weighted by Gasteiger charge is -2.03. The molecule has 0 saturated heterocycles. The summed E-state index contributed by atoms with van der Waals surface area (Å²) in [5.74, 6) is 0. The second-order valence-corrected chi connectivity index (χ2v) is 3.76. The highest BCUT2D eigenvalue weighted by Crippen LogP contribution is 2.02. The standard InChI is InChI=1S/C11H14ClNO/c1-9(12)10(2)13-14-8-11-6-4-3-5-7-11/h3-7,9H,8H2,1-2H3/b13-10+. The number of oxime groups is 1. The van der Waals surface area contributed by atoms with Crippen molar-refractivity contribution in [3.05, 3.63) is 35.9 Å². The Morgan fingerprint density at radius 1 is 1.43 bits per heavy atom. The van der Waals surface area contributed by atoms with E-state index in [1.165, 1.54) is 0 Å². The molecule has 0 aliphatic carbocycles. The summed E-state index contributed by atoms with van der Waals surface area (Å²) in [7, 11) is 0. The average Bonchev–Trinajstić information content (AvgIpc) is 2.19. The molecule has 1 aromatic carbocycles. The van der Waals surface area contributed by atoms with Crippen molar-refractivity contribution in [3.63, 3.8) is 0 Å². The number of benzene rings is 1. The first-order valence-corrected chi connectivity index (χ1v) is 4.98. The zero-order chi connectivity index (χ0) is 10.4. The molecule has 1 unspecified atom stereocenters. The van der Waals surface area contributed by atoms with Crippen molar-refractivity contribution in [3.8, 4) is 0 Å². The lowest BCUT2D eigenvalue weighted by atomic mass is 10.2. The Labute approximate surface area is 89.5 Å². The summed E-state index contributed by atoms with van der Waals surface area (Å²) < 4.78 is 0. The maximum atomic E-state index is 5.80. The molecular weight excluding hydrogens is 198 g/mol. The molecule has 1 aromatic rings. The minimum absolute atomic E-state index is 0.0780. The zero-order valence-electron chi connectivity index (χ0n) is 8.40. The van der Waals surface area contributed by atoms with E-state index in [1.807, 2.05) is 44.2 Å². The summed E-state index contributed by atoms with van der Waals surface area (Å²) in [6.07, 6.45) is 0. The van der Waals surface area contributed by atoms with Gasteiger partial charge < -0.3 is 4.84 Å². The summed E-state index contributed by atoms with van der Waals surface area (Å²) in [5, 5.41) is 3.83. The van der Waals surface area contributed by atoms with Crippen LogP contribution in [-0.4, -0.2) is 11.1 Å². The highest BCUT2D eigenvalue weighted by Gasteiger charge is 2.00. The maximum Gasteiger partial charge on any atom is 0.142 e. The van der Waals surface area contributed by atoms with E-state index in [1.54, 1.807) is 0 Å². The van der Waals surface area contributed by atoms with Crippen molar-refractivity contribution in [2.45, 2.75) is 25.8 Å². The third kappa shape index (κ3) is 3.79. The van der Waals surface area contributed by atoms with E-state index in [-0.39, 0.29) is 5.38 Å². The first-order valence-electron chi connectivity index (χ1n) is 4.54. The lowest BCUT2D eigenvalue weighted by molar-refractivity contribution is 0.130. The average molecular weight is 212 g/mol. The predicted octanol–water partition coefficient (Wildman–Crippen LogP) is 3.21. The van der Waals surface area contributed by atoms with Crippen molar-refractivity contribution in [1.29, 1.82) is 0 Å². The molecule has 14 heavy (non-hydrogen) atoms. The van der Waals surface area contributed by atoms with Gasteiger partial charge in [0.1, 0.15) is 6.61 Å². The van der Waals surface area contributed by atoms with Gasteiger partial charge in [0.25, 0.3) is 0 Å². The number of hydrogen-bond acceptors (Lipinski definition) is 2. The van der Waals surface area contributed by atoms with Crippen molar-refractivity contribution in [2.24, 2.45) is 5.16 Å². The van der Waals surface area contributed by atoms with Gasteiger partial charge in [0, 0.05) is 0 Å². The molecule has 2 nitrogen and oxygen atoms in total. The normalized spacial score (nSPS) is 13.8. The molecule has 0 aliphatic rings. The van der Waals surface area contributed by atoms with E-state index in [2.05, 4.69) is 5.16 Å². The van der Waals surface area contributed by atoms with Crippen molar-refractivity contribution < 1.29 is 4.84 Å². The van der Waals surface area contributed by atoms with E-state index in [4.69, 9.17) is 16.4 Å². The fourth-order valence-corrected chi connectivity index (χ4v) is 0.895. The molecule has 0 N–H and O–H groups in total. The summed E-state index contributed by atoms with van der Waals surface area (Å²) in [5.41, 5.74) is 1.90. The van der Waals surface area contributed by atoms with E-state index in [0.29, 0.717) is 6.61 Å². The molecule has 0 amide bonds. The van der Waals surface area contributed by atoms with Crippen LogP contribution in [0.4, 0.5) is 0 Å². The van der Waals surface area contributed by atoms with Crippen LogP contribution in [0, 0.1) is 0 Å². The fourth-order valence-electron chi connectivity index (χ4n) is 0.855. The fraction of sp³-hybridized carbons (Fsp3) is 0.364. The number of halogens is 1. The molecule has 0 bridgehead atoms. The zero-order valence-corrected chi connectivity index (χ0v) is 9.16. The first kappa shape index (κ1) is 11.1. The second kappa shape index (κ2) is 5.66. The van der Waals surface area contributed by atoms with Gasteiger partial charge in [0.15, 0.2) is 0 Å². The van der Waals surface area contributed by atoms with Gasteiger partial charge >= 0.3 is 0 Å². The van der Waals surface area contributed by atoms with Gasteiger partial charge in [-0.2, -0.15) is 0 Å². The molecule has 0 aliphatic heterocycles. The van der Waals surface area contributed by atoms with Gasteiger partial charge in [-0.1, -0.05) is 35.5 Å². The van der Waals surface area contributed by atoms with Gasteiger partial charge in [-0.05, 0) is 19.4 Å². The summed E-state index contributed by atoms with van der Waals surface area (Å²) >= 11 is 5.80. The molecule has 1 rings (SSSR count). The minimum atomic E-state index is -0.0780. The van der Waals surface area contributed by atoms with E-state index >= 15 is 0 Å². The lowest BCUT2D eigenvalue weighted by Crippen LogP contribution is -2.05. The van der Waals surface area contributed by atoms with Crippen LogP contribution in [0.15, 0.2) is 35.5 Å². The van der Waals surface area contributed by atoms with Crippen molar-refractivity contribution >= 4 is 17.3 Å². The van der Waals surface area contributed by atoms with Crippen molar-refractivity contribution in [2.75, 3.05) is 0 Å². The van der Waals surface area contributed by atoms with Crippen LogP contribution >= 0.6 is 11.6 Å². The third-order valence-corrected chi connectivity index (χ3v) is 2.17. The quantitative estimate of drug-likeness (QED) is 0.426. The molecule has 0 heterocycles. The first-order chi connectivity index (χ1) is 6.70. The maximum absolute atomic E-state index is 5.80. The van der Waals surface area contributed by atoms with Gasteiger partial charge in [0.2, 0.25) is 0 Å². The number of hydrogen-bond donors (Lipinski definition) is 0. The molecule has 76 valence electrons.